The highest BCUT2D eigenvalue weighted by atomic mass is 16.5. The highest BCUT2D eigenvalue weighted by Gasteiger charge is 2.24. The number of fused-ring (bicyclic) bond motifs is 1. The van der Waals surface area contributed by atoms with E-state index in [2.05, 4.69) is 11.4 Å². The van der Waals surface area contributed by atoms with Crippen LogP contribution in [0, 0.1) is 13.8 Å². The van der Waals surface area contributed by atoms with Crippen molar-refractivity contribution in [3.05, 3.63) is 64.2 Å². The highest BCUT2D eigenvalue weighted by molar-refractivity contribution is 5.84. The third-order valence-electron chi connectivity index (χ3n) is 4.72. The fraction of sp³-hybridized carbons (Fsp3) is 0.333. The molecule has 5 heteroatoms. The lowest BCUT2D eigenvalue weighted by Gasteiger charge is -2.16. The Labute approximate surface area is 153 Å². The number of carbonyl (C=O) groups is 2. The number of carboxylic acid groups (broad SMARTS) is 1. The summed E-state index contributed by atoms with van der Waals surface area (Å²) in [6.45, 7) is 4.66. The highest BCUT2D eigenvalue weighted by Crippen LogP contribution is 2.28. The molecule has 0 saturated heterocycles. The molecular formula is C21H23NO4. The summed E-state index contributed by atoms with van der Waals surface area (Å²) in [7, 11) is 0. The number of nitrogens with one attached hydrogen (secondary N) is 1. The zero-order valence-electron chi connectivity index (χ0n) is 15.0. The maximum Gasteiger partial charge on any atom is 0.330 e. The Morgan fingerprint density at radius 2 is 2.00 bits per heavy atom. The van der Waals surface area contributed by atoms with Crippen LogP contribution in [0.25, 0.3) is 0 Å². The van der Waals surface area contributed by atoms with E-state index in [1.807, 2.05) is 32.0 Å². The predicted octanol–water partition coefficient (Wildman–Crippen LogP) is 3.11. The first-order valence-corrected chi connectivity index (χ1v) is 8.78. The molecule has 0 bridgehead atoms. The summed E-state index contributed by atoms with van der Waals surface area (Å²) in [6, 6.07) is 10.4. The second-order valence-corrected chi connectivity index (χ2v) is 6.73. The maximum atomic E-state index is 12.3. The van der Waals surface area contributed by atoms with E-state index in [9.17, 15) is 14.7 Å². The first-order valence-electron chi connectivity index (χ1n) is 8.78. The van der Waals surface area contributed by atoms with Gasteiger partial charge in [0.1, 0.15) is 5.75 Å². The Hall–Kier alpha value is -2.82. The van der Waals surface area contributed by atoms with E-state index in [-0.39, 0.29) is 12.3 Å². The predicted molar refractivity (Wildman–Crippen MR) is 98.4 cm³/mol. The van der Waals surface area contributed by atoms with Crippen molar-refractivity contribution in [2.24, 2.45) is 0 Å². The van der Waals surface area contributed by atoms with Crippen molar-refractivity contribution < 1.29 is 19.4 Å². The van der Waals surface area contributed by atoms with Crippen molar-refractivity contribution in [3.8, 4) is 5.75 Å². The van der Waals surface area contributed by atoms with Crippen LogP contribution in [-0.2, 0) is 22.4 Å². The molecule has 3 rings (SSSR count). The Balaban J connectivity index is 1.66. The van der Waals surface area contributed by atoms with Gasteiger partial charge in [-0.15, -0.1) is 0 Å². The molecule has 1 atom stereocenters. The normalized spacial score (nSPS) is 13.6. The number of carbonyl (C=O) groups excluding carboxylic acids is 1. The van der Waals surface area contributed by atoms with Gasteiger partial charge < -0.3 is 15.2 Å². The van der Waals surface area contributed by atoms with Gasteiger partial charge in [0.2, 0.25) is 5.91 Å². The Morgan fingerprint density at radius 3 is 2.73 bits per heavy atom. The lowest BCUT2D eigenvalue weighted by Crippen LogP contribution is -2.34. The minimum Gasteiger partial charge on any atom is -0.493 e. The number of benzene rings is 2. The van der Waals surface area contributed by atoms with Crippen LogP contribution in [0.5, 0.6) is 5.75 Å². The van der Waals surface area contributed by atoms with E-state index in [4.69, 9.17) is 4.74 Å². The number of carboxylic acids is 1. The van der Waals surface area contributed by atoms with E-state index in [0.29, 0.717) is 18.6 Å². The number of rotatable bonds is 6. The largest absolute Gasteiger partial charge is 0.493 e. The fourth-order valence-electron chi connectivity index (χ4n) is 3.28. The minimum atomic E-state index is -1.07. The summed E-state index contributed by atoms with van der Waals surface area (Å²) in [5, 5.41) is 12.2. The van der Waals surface area contributed by atoms with E-state index in [1.165, 1.54) is 5.56 Å². The molecule has 2 aromatic rings. The van der Waals surface area contributed by atoms with Crippen LogP contribution in [0.3, 0.4) is 0 Å². The molecule has 1 heterocycles. The molecule has 2 aromatic carbocycles. The number of hydrogen-bond acceptors (Lipinski definition) is 3. The Kier molecular flexibility index (Phi) is 5.26. The molecule has 0 saturated carbocycles. The molecule has 0 aliphatic carbocycles. The van der Waals surface area contributed by atoms with Gasteiger partial charge in [-0.3, -0.25) is 4.79 Å². The summed E-state index contributed by atoms with van der Waals surface area (Å²) in [6.07, 6.45) is 1.60. The van der Waals surface area contributed by atoms with E-state index in [0.717, 1.165) is 28.9 Å². The molecule has 136 valence electrons. The van der Waals surface area contributed by atoms with Gasteiger partial charge in [0.05, 0.1) is 6.61 Å². The van der Waals surface area contributed by atoms with Crippen LogP contribution >= 0.6 is 0 Å². The van der Waals surface area contributed by atoms with Crippen LogP contribution < -0.4 is 10.1 Å². The second-order valence-electron chi connectivity index (χ2n) is 6.73. The number of aliphatic carboxylic acids is 1. The maximum absolute atomic E-state index is 12.3. The molecule has 0 spiro atoms. The van der Waals surface area contributed by atoms with Gasteiger partial charge >= 0.3 is 5.97 Å². The second kappa shape index (κ2) is 7.60. The summed E-state index contributed by atoms with van der Waals surface area (Å²) >= 11 is 0. The number of ether oxygens (including phenoxy) is 1. The Bertz CT molecular complexity index is 844. The van der Waals surface area contributed by atoms with Crippen LogP contribution in [0.2, 0.25) is 0 Å². The minimum absolute atomic E-state index is 0.252. The molecule has 1 aliphatic heterocycles. The Morgan fingerprint density at radius 1 is 1.19 bits per heavy atom. The number of hydrogen-bond donors (Lipinski definition) is 2. The van der Waals surface area contributed by atoms with Crippen LogP contribution in [0.4, 0.5) is 0 Å². The zero-order valence-corrected chi connectivity index (χ0v) is 15.0. The summed E-state index contributed by atoms with van der Waals surface area (Å²) in [5.74, 6) is -0.545. The van der Waals surface area contributed by atoms with Crippen molar-refractivity contribution in [2.45, 2.75) is 39.2 Å². The van der Waals surface area contributed by atoms with Gasteiger partial charge in [-0.2, -0.15) is 0 Å². The molecule has 0 fully saturated rings. The van der Waals surface area contributed by atoms with Crippen LogP contribution in [0.15, 0.2) is 36.4 Å². The number of amides is 1. The molecule has 5 nitrogen and oxygen atoms in total. The van der Waals surface area contributed by atoms with Crippen LogP contribution in [-0.4, -0.2) is 23.6 Å². The van der Waals surface area contributed by atoms with E-state index < -0.39 is 12.0 Å². The van der Waals surface area contributed by atoms with Crippen molar-refractivity contribution >= 4 is 11.9 Å². The lowest BCUT2D eigenvalue weighted by atomic mass is 10.0. The summed E-state index contributed by atoms with van der Waals surface area (Å²) in [5.41, 5.74) is 4.99. The van der Waals surface area contributed by atoms with Gasteiger partial charge in [0.15, 0.2) is 6.04 Å². The number of aryl methyl sites for hydroxylation is 3. The van der Waals surface area contributed by atoms with Gasteiger partial charge in [0, 0.05) is 12.8 Å². The van der Waals surface area contributed by atoms with Crippen molar-refractivity contribution in [1.82, 2.24) is 5.32 Å². The van der Waals surface area contributed by atoms with Gasteiger partial charge in [0.25, 0.3) is 0 Å². The smallest absolute Gasteiger partial charge is 0.330 e. The van der Waals surface area contributed by atoms with Crippen molar-refractivity contribution in [2.75, 3.05) is 6.61 Å². The molecule has 26 heavy (non-hydrogen) atoms. The average Bonchev–Trinajstić information content (AvgIpc) is 3.06. The fourth-order valence-corrected chi connectivity index (χ4v) is 3.28. The van der Waals surface area contributed by atoms with Gasteiger partial charge in [-0.25, -0.2) is 4.79 Å². The zero-order chi connectivity index (χ0) is 18.7. The third kappa shape index (κ3) is 4.04. The SMILES string of the molecule is Cc1ccc(CCC(=O)NC(C(=O)O)c2ccc3c(c2)CCO3)c(C)c1. The lowest BCUT2D eigenvalue weighted by molar-refractivity contribution is -0.142. The first-order chi connectivity index (χ1) is 12.4. The molecule has 1 aliphatic rings. The van der Waals surface area contributed by atoms with Gasteiger partial charge in [-0.1, -0.05) is 29.8 Å². The van der Waals surface area contributed by atoms with Crippen molar-refractivity contribution in [3.63, 3.8) is 0 Å². The average molecular weight is 353 g/mol. The monoisotopic (exact) mass is 353 g/mol. The van der Waals surface area contributed by atoms with Crippen molar-refractivity contribution in [1.29, 1.82) is 0 Å². The van der Waals surface area contributed by atoms with Gasteiger partial charge in [-0.05, 0) is 54.7 Å². The third-order valence-corrected chi connectivity index (χ3v) is 4.72. The summed E-state index contributed by atoms with van der Waals surface area (Å²) in [4.78, 5) is 24.0. The van der Waals surface area contributed by atoms with Crippen LogP contribution in [0.1, 0.15) is 40.3 Å². The molecule has 0 radical (unpaired) electrons. The molecule has 0 aromatic heterocycles. The first kappa shape index (κ1) is 18.0. The molecule has 2 N–H and O–H groups in total. The molecular weight excluding hydrogens is 330 g/mol. The molecule has 1 amide bonds. The summed E-state index contributed by atoms with van der Waals surface area (Å²) < 4.78 is 5.45. The quantitative estimate of drug-likeness (QED) is 0.837. The topological polar surface area (TPSA) is 75.6 Å². The molecule has 1 unspecified atom stereocenters. The standard InChI is InChI=1S/C21H23NO4/c1-13-3-4-15(14(2)11-13)6-8-19(23)22-20(21(24)25)17-5-7-18-16(12-17)9-10-26-18/h3-5,7,11-12,20H,6,8-10H2,1-2H3,(H,22,23)(H,24,25). The van der Waals surface area contributed by atoms with E-state index >= 15 is 0 Å². The van der Waals surface area contributed by atoms with E-state index in [1.54, 1.807) is 12.1 Å².